The molecule has 1 fully saturated rings. The zero-order valence-electron chi connectivity index (χ0n) is 10.2. The molecule has 2 N–H and O–H groups in total. The van der Waals surface area contributed by atoms with Crippen LogP contribution in [-0.4, -0.2) is 31.7 Å². The topological polar surface area (TPSA) is 101 Å². The molecule has 102 valence electrons. The second kappa shape index (κ2) is 4.65. The second-order valence-corrected chi connectivity index (χ2v) is 6.59. The van der Waals surface area contributed by atoms with E-state index in [9.17, 15) is 18.0 Å². The van der Waals surface area contributed by atoms with E-state index in [0.717, 1.165) is 6.26 Å². The summed E-state index contributed by atoms with van der Waals surface area (Å²) in [5.74, 6) is -2.41. The zero-order chi connectivity index (χ0) is 14.2. The molecule has 2 atom stereocenters. The summed E-state index contributed by atoms with van der Waals surface area (Å²) in [5.41, 5.74) is 0.452. The van der Waals surface area contributed by atoms with Gasteiger partial charge in [0.25, 0.3) is 0 Å². The maximum atomic E-state index is 11.7. The third kappa shape index (κ3) is 3.11. The van der Waals surface area contributed by atoms with Gasteiger partial charge >= 0.3 is 5.97 Å². The van der Waals surface area contributed by atoms with Crippen LogP contribution < -0.4 is 5.32 Å². The number of rotatable bonds is 4. The van der Waals surface area contributed by atoms with E-state index in [1.165, 1.54) is 24.3 Å². The van der Waals surface area contributed by atoms with E-state index in [1.54, 1.807) is 0 Å². The summed E-state index contributed by atoms with van der Waals surface area (Å²) in [6.45, 7) is 0. The molecular weight excluding hydrogens is 270 g/mol. The van der Waals surface area contributed by atoms with Crippen LogP contribution in [0.5, 0.6) is 0 Å². The molecule has 1 aliphatic carbocycles. The van der Waals surface area contributed by atoms with Gasteiger partial charge in [0.15, 0.2) is 9.84 Å². The predicted octanol–water partition coefficient (Wildman–Crippen LogP) is 0.749. The largest absolute Gasteiger partial charge is 0.481 e. The van der Waals surface area contributed by atoms with Gasteiger partial charge in [0.2, 0.25) is 5.91 Å². The Kier molecular flexibility index (Phi) is 3.32. The average molecular weight is 283 g/mol. The molecule has 0 radical (unpaired) electrons. The lowest BCUT2D eigenvalue weighted by Gasteiger charge is -2.05. The fourth-order valence-electron chi connectivity index (χ4n) is 1.78. The Morgan fingerprint density at radius 2 is 1.79 bits per heavy atom. The zero-order valence-corrected chi connectivity index (χ0v) is 11.0. The van der Waals surface area contributed by atoms with Crippen molar-refractivity contribution < 1.29 is 23.1 Å². The van der Waals surface area contributed by atoms with Crippen molar-refractivity contribution in [3.8, 4) is 0 Å². The van der Waals surface area contributed by atoms with E-state index in [1.807, 2.05) is 0 Å². The van der Waals surface area contributed by atoms with Crippen molar-refractivity contribution in [2.75, 3.05) is 11.6 Å². The Labute approximate surface area is 110 Å². The fourth-order valence-corrected chi connectivity index (χ4v) is 2.41. The molecule has 2 unspecified atom stereocenters. The van der Waals surface area contributed by atoms with Crippen molar-refractivity contribution in [1.29, 1.82) is 0 Å². The van der Waals surface area contributed by atoms with Crippen molar-refractivity contribution in [2.24, 2.45) is 11.8 Å². The highest BCUT2D eigenvalue weighted by Crippen LogP contribution is 2.39. The molecule has 1 aliphatic rings. The van der Waals surface area contributed by atoms with E-state index >= 15 is 0 Å². The number of benzene rings is 1. The molecule has 1 amide bonds. The smallest absolute Gasteiger partial charge is 0.307 e. The number of hydrogen-bond donors (Lipinski definition) is 2. The number of amides is 1. The predicted molar refractivity (Wildman–Crippen MR) is 67.4 cm³/mol. The second-order valence-electron chi connectivity index (χ2n) is 4.57. The summed E-state index contributed by atoms with van der Waals surface area (Å²) in [5, 5.41) is 11.3. The molecule has 0 heterocycles. The number of carbonyl (C=O) groups is 2. The molecule has 0 spiro atoms. The Morgan fingerprint density at radius 3 is 2.21 bits per heavy atom. The number of aliphatic carboxylic acids is 1. The van der Waals surface area contributed by atoms with Gasteiger partial charge in [-0.05, 0) is 30.7 Å². The van der Waals surface area contributed by atoms with Gasteiger partial charge < -0.3 is 10.4 Å². The van der Waals surface area contributed by atoms with Crippen LogP contribution in [0, 0.1) is 11.8 Å². The lowest BCUT2D eigenvalue weighted by molar-refractivity contribution is -0.139. The van der Waals surface area contributed by atoms with Crippen LogP contribution in [0.15, 0.2) is 29.2 Å². The van der Waals surface area contributed by atoms with Crippen LogP contribution in [0.25, 0.3) is 0 Å². The summed E-state index contributed by atoms with van der Waals surface area (Å²) in [6, 6.07) is 5.75. The molecule has 7 heteroatoms. The first-order valence-electron chi connectivity index (χ1n) is 5.63. The number of sulfone groups is 1. The van der Waals surface area contributed by atoms with Crippen molar-refractivity contribution in [2.45, 2.75) is 11.3 Å². The van der Waals surface area contributed by atoms with Crippen LogP contribution in [0.2, 0.25) is 0 Å². The van der Waals surface area contributed by atoms with Crippen molar-refractivity contribution in [1.82, 2.24) is 0 Å². The Balaban J connectivity index is 2.01. The normalized spacial score (nSPS) is 21.7. The van der Waals surface area contributed by atoms with Gasteiger partial charge in [-0.15, -0.1) is 0 Å². The van der Waals surface area contributed by atoms with Crippen LogP contribution in [0.3, 0.4) is 0 Å². The van der Waals surface area contributed by atoms with E-state index in [-0.39, 0.29) is 10.8 Å². The summed E-state index contributed by atoms with van der Waals surface area (Å²) in [7, 11) is -3.26. The summed E-state index contributed by atoms with van der Waals surface area (Å²) in [4.78, 5) is 22.5. The minimum Gasteiger partial charge on any atom is -0.481 e. The molecule has 0 aliphatic heterocycles. The molecule has 19 heavy (non-hydrogen) atoms. The molecule has 1 aromatic carbocycles. The minimum atomic E-state index is -3.26. The highest BCUT2D eigenvalue weighted by Gasteiger charge is 2.48. The Bertz CT molecular complexity index is 620. The highest BCUT2D eigenvalue weighted by atomic mass is 32.2. The molecule has 1 saturated carbocycles. The van der Waals surface area contributed by atoms with Gasteiger partial charge in [0.1, 0.15) is 0 Å². The first-order valence-corrected chi connectivity index (χ1v) is 7.52. The lowest BCUT2D eigenvalue weighted by atomic mass is 10.2. The third-order valence-electron chi connectivity index (χ3n) is 2.99. The van der Waals surface area contributed by atoms with Gasteiger partial charge in [0.05, 0.1) is 16.7 Å². The SMILES string of the molecule is CS(=O)(=O)c1ccc(NC(=O)C2CC2C(=O)O)cc1. The monoisotopic (exact) mass is 283 g/mol. The van der Waals surface area contributed by atoms with Crippen LogP contribution in [-0.2, 0) is 19.4 Å². The Hall–Kier alpha value is -1.89. The number of hydrogen-bond acceptors (Lipinski definition) is 4. The van der Waals surface area contributed by atoms with Crippen molar-refractivity contribution in [3.05, 3.63) is 24.3 Å². The summed E-state index contributed by atoms with van der Waals surface area (Å²) in [6.07, 6.45) is 1.45. The van der Waals surface area contributed by atoms with E-state index < -0.39 is 27.6 Å². The molecule has 0 saturated heterocycles. The first kappa shape index (κ1) is 13.5. The quantitative estimate of drug-likeness (QED) is 0.849. The van der Waals surface area contributed by atoms with E-state index in [2.05, 4.69) is 5.32 Å². The number of carboxylic acid groups (broad SMARTS) is 1. The number of carboxylic acids is 1. The summed E-state index contributed by atoms with van der Waals surface area (Å²) < 4.78 is 22.5. The molecule has 2 rings (SSSR count). The number of anilines is 1. The molecule has 6 nitrogen and oxygen atoms in total. The van der Waals surface area contributed by atoms with Crippen LogP contribution >= 0.6 is 0 Å². The molecule has 0 aromatic heterocycles. The average Bonchev–Trinajstić information content (AvgIpc) is 3.08. The van der Waals surface area contributed by atoms with E-state index in [0.29, 0.717) is 12.1 Å². The van der Waals surface area contributed by atoms with E-state index in [4.69, 9.17) is 5.11 Å². The lowest BCUT2D eigenvalue weighted by Crippen LogP contribution is -2.16. The van der Waals surface area contributed by atoms with Gasteiger partial charge in [0, 0.05) is 11.9 Å². The number of nitrogens with one attached hydrogen (secondary N) is 1. The van der Waals surface area contributed by atoms with Crippen LogP contribution in [0.1, 0.15) is 6.42 Å². The van der Waals surface area contributed by atoms with Gasteiger partial charge in [-0.1, -0.05) is 0 Å². The number of carbonyl (C=O) groups excluding carboxylic acids is 1. The van der Waals surface area contributed by atoms with Gasteiger partial charge in [-0.3, -0.25) is 9.59 Å². The highest BCUT2D eigenvalue weighted by molar-refractivity contribution is 7.90. The summed E-state index contributed by atoms with van der Waals surface area (Å²) >= 11 is 0. The molecule has 0 bridgehead atoms. The molecule has 1 aromatic rings. The minimum absolute atomic E-state index is 0.167. The third-order valence-corrected chi connectivity index (χ3v) is 4.12. The molecular formula is C12H13NO5S. The van der Waals surface area contributed by atoms with Crippen molar-refractivity contribution in [3.63, 3.8) is 0 Å². The van der Waals surface area contributed by atoms with Gasteiger partial charge in [-0.2, -0.15) is 0 Å². The standard InChI is InChI=1S/C12H13NO5S/c1-19(17,18)8-4-2-7(3-5-8)13-11(14)9-6-10(9)12(15)16/h2-5,9-10H,6H2,1H3,(H,13,14)(H,15,16). The maximum Gasteiger partial charge on any atom is 0.307 e. The van der Waals surface area contributed by atoms with Crippen molar-refractivity contribution >= 4 is 27.4 Å². The fraction of sp³-hybridized carbons (Fsp3) is 0.333. The Morgan fingerprint density at radius 1 is 1.21 bits per heavy atom. The maximum absolute atomic E-state index is 11.7. The van der Waals surface area contributed by atoms with Gasteiger partial charge in [-0.25, -0.2) is 8.42 Å². The van der Waals surface area contributed by atoms with Crippen LogP contribution in [0.4, 0.5) is 5.69 Å². The first-order chi connectivity index (χ1) is 8.79.